The summed E-state index contributed by atoms with van der Waals surface area (Å²) in [5.41, 5.74) is 0. The Morgan fingerprint density at radius 1 is 0.903 bits per heavy atom. The van der Waals surface area contributed by atoms with Crippen LogP contribution in [0.1, 0.15) is 59.8 Å². The number of ether oxygens (including phenoxy) is 2. The van der Waals surface area contributed by atoms with E-state index in [0.29, 0.717) is 0 Å². The smallest absolute Gasteiger partial charge is 0.261 e. The highest BCUT2D eigenvalue weighted by Crippen LogP contribution is 2.41. The van der Waals surface area contributed by atoms with E-state index < -0.39 is 8.32 Å². The molecule has 2 aliphatic heterocycles. The van der Waals surface area contributed by atoms with Crippen molar-refractivity contribution < 1.29 is 13.9 Å². The van der Waals surface area contributed by atoms with Crippen molar-refractivity contribution in [2.24, 2.45) is 0 Å². The number of unbranched alkanes of at least 4 members (excludes halogenated alkanes) is 2. The van der Waals surface area contributed by atoms with Crippen molar-refractivity contribution in [3.63, 3.8) is 0 Å². The molecule has 4 rings (SSSR count). The summed E-state index contributed by atoms with van der Waals surface area (Å²) < 4.78 is 19.6. The lowest BCUT2D eigenvalue weighted by molar-refractivity contribution is -0.000912. The Morgan fingerprint density at radius 2 is 1.48 bits per heavy atom. The average Bonchev–Trinajstić information content (AvgIpc) is 3.54. The molecule has 0 aromatic heterocycles. The van der Waals surface area contributed by atoms with Gasteiger partial charge < -0.3 is 13.9 Å². The Hall–Kier alpha value is -1.46. The molecule has 3 nitrogen and oxygen atoms in total. The second kappa shape index (κ2) is 9.58. The maximum Gasteiger partial charge on any atom is 0.261 e. The summed E-state index contributed by atoms with van der Waals surface area (Å²) >= 11 is 0. The lowest BCUT2D eigenvalue weighted by Gasteiger charge is -2.45. The van der Waals surface area contributed by atoms with E-state index in [1.807, 2.05) is 0 Å². The lowest BCUT2D eigenvalue weighted by atomic mass is 10.0. The van der Waals surface area contributed by atoms with Gasteiger partial charge in [0.05, 0.1) is 24.9 Å². The van der Waals surface area contributed by atoms with E-state index in [2.05, 4.69) is 88.4 Å². The van der Waals surface area contributed by atoms with E-state index in [-0.39, 0.29) is 29.5 Å². The van der Waals surface area contributed by atoms with Gasteiger partial charge in [0, 0.05) is 6.42 Å². The van der Waals surface area contributed by atoms with Gasteiger partial charge in [0.2, 0.25) is 0 Å². The maximum absolute atomic E-state index is 7.45. The van der Waals surface area contributed by atoms with E-state index in [1.54, 1.807) is 0 Å². The summed E-state index contributed by atoms with van der Waals surface area (Å²) in [6.07, 6.45) is 6.38. The Kier molecular flexibility index (Phi) is 7.02. The first-order chi connectivity index (χ1) is 15.0. The van der Waals surface area contributed by atoms with Gasteiger partial charge in [-0.2, -0.15) is 0 Å². The molecule has 0 spiro atoms. The molecule has 0 amide bonds. The van der Waals surface area contributed by atoms with Gasteiger partial charge in [0.15, 0.2) is 0 Å². The summed E-state index contributed by atoms with van der Waals surface area (Å²) in [5, 5.41) is 2.66. The Labute approximate surface area is 189 Å². The molecule has 2 aromatic rings. The normalized spacial score (nSPS) is 26.2. The van der Waals surface area contributed by atoms with Crippen LogP contribution in [-0.2, 0) is 13.9 Å². The van der Waals surface area contributed by atoms with Crippen LogP contribution in [0, 0.1) is 0 Å². The predicted octanol–water partition coefficient (Wildman–Crippen LogP) is 5.07. The van der Waals surface area contributed by atoms with Gasteiger partial charge in [-0.05, 0) is 21.8 Å². The number of rotatable bonds is 9. The summed E-state index contributed by atoms with van der Waals surface area (Å²) in [7, 11) is -2.57. The standard InChI is InChI=1S/C27H38O3Si/c1-5-6-9-18-23-25(19-24(29-23)26-20-28-26)30-31(27(2,3)4,21-14-10-7-11-15-21)22-16-12-8-13-17-22/h7-8,10-17,23-26H,5-6,9,18-20H2,1-4H3/t23-,24+,25-,26+/m0/s1. The van der Waals surface area contributed by atoms with E-state index in [0.717, 1.165) is 19.4 Å². The van der Waals surface area contributed by atoms with Crippen LogP contribution in [-0.4, -0.2) is 39.3 Å². The van der Waals surface area contributed by atoms with Crippen LogP contribution in [0.15, 0.2) is 60.7 Å². The predicted molar refractivity (Wildman–Crippen MR) is 130 cm³/mol. The summed E-state index contributed by atoms with van der Waals surface area (Å²) in [4.78, 5) is 0. The maximum atomic E-state index is 7.45. The van der Waals surface area contributed by atoms with Gasteiger partial charge >= 0.3 is 0 Å². The summed E-state index contributed by atoms with van der Waals surface area (Å²) in [6.45, 7) is 10.1. The Bertz CT molecular complexity index is 774. The first-order valence-electron chi connectivity index (χ1n) is 12.0. The SMILES string of the molecule is CCCCC[C@@H]1O[C@@H]([C@H]2CO2)C[C@@H]1O[Si](c1ccccc1)(c1ccccc1)C(C)(C)C. The second-order valence-electron chi connectivity index (χ2n) is 10.1. The molecule has 0 aliphatic carbocycles. The fourth-order valence-corrected chi connectivity index (χ4v) is 9.87. The van der Waals surface area contributed by atoms with E-state index in [9.17, 15) is 0 Å². The van der Waals surface area contributed by atoms with E-state index in [4.69, 9.17) is 13.9 Å². The molecule has 4 atom stereocenters. The molecule has 4 heteroatoms. The third-order valence-electron chi connectivity index (χ3n) is 6.84. The zero-order chi connectivity index (χ0) is 21.9. The van der Waals surface area contributed by atoms with Crippen molar-refractivity contribution in [3.8, 4) is 0 Å². The van der Waals surface area contributed by atoms with Crippen LogP contribution in [0.3, 0.4) is 0 Å². The molecule has 2 aliphatic rings. The third-order valence-corrected chi connectivity index (χ3v) is 11.9. The fourth-order valence-electron chi connectivity index (χ4n) is 5.15. The lowest BCUT2D eigenvalue weighted by Crippen LogP contribution is -2.68. The largest absolute Gasteiger partial charge is 0.402 e. The molecule has 168 valence electrons. The van der Waals surface area contributed by atoms with Crippen molar-refractivity contribution >= 4 is 18.7 Å². The highest BCUT2D eigenvalue weighted by Gasteiger charge is 2.54. The molecule has 0 N–H and O–H groups in total. The number of hydrogen-bond acceptors (Lipinski definition) is 3. The molecule has 2 saturated heterocycles. The number of hydrogen-bond donors (Lipinski definition) is 0. The Morgan fingerprint density at radius 3 is 1.97 bits per heavy atom. The van der Waals surface area contributed by atoms with Crippen LogP contribution in [0.25, 0.3) is 0 Å². The van der Waals surface area contributed by atoms with Gasteiger partial charge in [-0.3, -0.25) is 0 Å². The van der Waals surface area contributed by atoms with Crippen molar-refractivity contribution in [2.45, 2.75) is 89.3 Å². The van der Waals surface area contributed by atoms with Gasteiger partial charge in [0.1, 0.15) is 6.10 Å². The Balaban J connectivity index is 1.72. The first-order valence-corrected chi connectivity index (χ1v) is 13.9. The van der Waals surface area contributed by atoms with Gasteiger partial charge in [0.25, 0.3) is 8.32 Å². The second-order valence-corrected chi connectivity index (χ2v) is 14.4. The van der Waals surface area contributed by atoms with Crippen LogP contribution < -0.4 is 10.4 Å². The third kappa shape index (κ3) is 4.82. The molecule has 0 unspecified atom stereocenters. The first kappa shape index (κ1) is 22.7. The van der Waals surface area contributed by atoms with Gasteiger partial charge in [-0.15, -0.1) is 0 Å². The van der Waals surface area contributed by atoms with Crippen LogP contribution in [0.5, 0.6) is 0 Å². The molecular formula is C27H38O3Si. The zero-order valence-corrected chi connectivity index (χ0v) is 20.6. The number of benzene rings is 2. The van der Waals surface area contributed by atoms with E-state index >= 15 is 0 Å². The molecule has 2 aromatic carbocycles. The van der Waals surface area contributed by atoms with E-state index in [1.165, 1.54) is 29.6 Å². The van der Waals surface area contributed by atoms with Gasteiger partial charge in [-0.25, -0.2) is 0 Å². The molecule has 2 fully saturated rings. The minimum atomic E-state index is -2.57. The molecule has 2 heterocycles. The summed E-state index contributed by atoms with van der Waals surface area (Å²) in [5.74, 6) is 0. The van der Waals surface area contributed by atoms with Crippen molar-refractivity contribution in [1.82, 2.24) is 0 Å². The molecular weight excluding hydrogens is 400 g/mol. The van der Waals surface area contributed by atoms with Gasteiger partial charge in [-0.1, -0.05) is 108 Å². The highest BCUT2D eigenvalue weighted by molar-refractivity contribution is 6.99. The molecule has 0 bridgehead atoms. The minimum Gasteiger partial charge on any atom is -0.402 e. The molecule has 0 saturated carbocycles. The zero-order valence-electron chi connectivity index (χ0n) is 19.6. The fraction of sp³-hybridized carbons (Fsp3) is 0.556. The average molecular weight is 439 g/mol. The van der Waals surface area contributed by atoms with Crippen molar-refractivity contribution in [3.05, 3.63) is 60.7 Å². The molecule has 31 heavy (non-hydrogen) atoms. The highest BCUT2D eigenvalue weighted by atomic mass is 28.4. The van der Waals surface area contributed by atoms with Crippen LogP contribution in [0.4, 0.5) is 0 Å². The van der Waals surface area contributed by atoms with Crippen molar-refractivity contribution in [1.29, 1.82) is 0 Å². The molecule has 0 radical (unpaired) electrons. The van der Waals surface area contributed by atoms with Crippen molar-refractivity contribution in [2.75, 3.05) is 6.61 Å². The summed E-state index contributed by atoms with van der Waals surface area (Å²) in [6, 6.07) is 21.9. The quantitative estimate of drug-likeness (QED) is 0.311. The minimum absolute atomic E-state index is 0.0160. The van der Waals surface area contributed by atoms with Crippen LogP contribution >= 0.6 is 0 Å². The number of epoxide rings is 1. The topological polar surface area (TPSA) is 31.0 Å². The van der Waals surface area contributed by atoms with Crippen LogP contribution in [0.2, 0.25) is 5.04 Å². The monoisotopic (exact) mass is 438 g/mol.